The Morgan fingerprint density at radius 3 is 2.07 bits per heavy atom. The van der Waals surface area contributed by atoms with Crippen molar-refractivity contribution >= 4 is 112 Å². The van der Waals surface area contributed by atoms with Gasteiger partial charge in [-0.05, 0) is 95.0 Å². The van der Waals surface area contributed by atoms with Gasteiger partial charge in [-0.2, -0.15) is 0 Å². The van der Waals surface area contributed by atoms with Crippen LogP contribution >= 0.6 is 0 Å². The van der Waals surface area contributed by atoms with Crippen LogP contribution in [0.25, 0.3) is 71.5 Å². The van der Waals surface area contributed by atoms with Crippen molar-refractivity contribution in [2.75, 3.05) is 9.80 Å². The maximum Gasteiger partial charge on any atom is 0.297 e. The fraction of sp³-hybridized carbons (Fsp3) is 0.0196. The highest BCUT2D eigenvalue weighted by Crippen LogP contribution is 2.54. The molecule has 264 valence electrons. The van der Waals surface area contributed by atoms with Crippen LogP contribution in [0.15, 0.2) is 172 Å². The van der Waals surface area contributed by atoms with Crippen LogP contribution in [0.1, 0.15) is 42.6 Å². The van der Waals surface area contributed by atoms with Gasteiger partial charge in [0, 0.05) is 32.9 Å². The fourth-order valence-corrected chi connectivity index (χ4v) is 8.63. The Morgan fingerprint density at radius 2 is 1.18 bits per heavy atom. The van der Waals surface area contributed by atoms with Crippen LogP contribution in [-0.2, 0) is 0 Å². The molecule has 3 aromatic heterocycles. The molecule has 0 aliphatic carbocycles. The molecule has 3 aliphatic rings. The van der Waals surface area contributed by atoms with Crippen molar-refractivity contribution < 1.29 is 45.8 Å². The summed E-state index contributed by atoms with van der Waals surface area (Å²) in [6, 6.07) is -21.4. The smallest absolute Gasteiger partial charge is 0.297 e. The van der Waals surface area contributed by atoms with E-state index >= 15 is 0 Å². The van der Waals surface area contributed by atoms with Gasteiger partial charge in [-0.1, -0.05) is 103 Å². The van der Waals surface area contributed by atoms with Crippen LogP contribution in [0.2, 0.25) is 0 Å². The lowest BCUT2D eigenvalue weighted by molar-refractivity contribution is 0.651. The van der Waals surface area contributed by atoms with E-state index in [4.69, 9.17) is 22.5 Å². The van der Waals surface area contributed by atoms with Gasteiger partial charge in [0.15, 0.2) is 0 Å². The number of furan rings is 2. The molecule has 0 radical (unpaired) electrons. The van der Waals surface area contributed by atoms with E-state index in [9.17, 15) is 23.3 Å². The molecule has 6 heteroatoms. The number of benzene rings is 8. The molecule has 11 aromatic rings. The first-order chi connectivity index (χ1) is 39.5. The summed E-state index contributed by atoms with van der Waals surface area (Å²) in [5.41, 5.74) is -8.26. The highest BCUT2D eigenvalue weighted by molar-refractivity contribution is 7.00. The van der Waals surface area contributed by atoms with Gasteiger partial charge >= 0.3 is 0 Å². The van der Waals surface area contributed by atoms with E-state index in [0.29, 0.717) is 0 Å². The van der Waals surface area contributed by atoms with Gasteiger partial charge in [0.2, 0.25) is 0 Å². The molecule has 0 amide bonds. The van der Waals surface area contributed by atoms with Crippen LogP contribution in [0.4, 0.5) is 34.1 Å². The quantitative estimate of drug-likeness (QED) is 0.165. The molecule has 0 N–H and O–H groups in total. The third kappa shape index (κ3) is 3.66. The number of hydrogen-bond donors (Lipinski definition) is 0. The summed E-state index contributed by atoms with van der Waals surface area (Å²) in [4.78, 5) is 2.24. The summed E-state index contributed by atoms with van der Waals surface area (Å²) in [6.45, 7) is -0.508. The molecular formula is C51H30BN3O2. The lowest BCUT2D eigenvalue weighted by atomic mass is 9.35. The first-order valence-corrected chi connectivity index (χ1v) is 17.4. The molecule has 0 unspecified atom stereocenters. The lowest BCUT2D eigenvalue weighted by Gasteiger charge is -2.45. The third-order valence-corrected chi connectivity index (χ3v) is 10.7. The number of aromatic nitrogens is 1. The second-order valence-corrected chi connectivity index (χ2v) is 13.6. The molecule has 0 saturated carbocycles. The highest BCUT2D eigenvalue weighted by Gasteiger charge is 2.49. The molecule has 5 nitrogen and oxygen atoms in total. The first kappa shape index (κ1) is 14.6. The van der Waals surface area contributed by atoms with Crippen LogP contribution in [0.5, 0.6) is 0 Å². The number of fused-ring (bicyclic) bond motifs is 14. The normalized spacial score (nSPS) is 20.2. The molecular weight excluding hydrogens is 697 g/mol. The predicted octanol–water partition coefficient (Wildman–Crippen LogP) is 11.8. The van der Waals surface area contributed by atoms with Crippen molar-refractivity contribution in [1.29, 1.82) is 0 Å². The van der Waals surface area contributed by atoms with E-state index in [1.54, 1.807) is 0 Å². The maximum absolute atomic E-state index is 10.2. The zero-order valence-corrected chi connectivity index (χ0v) is 28.7. The number of para-hydroxylation sites is 4. The number of anilines is 6. The summed E-state index contributed by atoms with van der Waals surface area (Å²) in [6.07, 6.45) is 0. The molecule has 3 aliphatic heterocycles. The Morgan fingerprint density at radius 1 is 0.491 bits per heavy atom. The van der Waals surface area contributed by atoms with E-state index in [-0.39, 0.29) is 55.4 Å². The van der Waals surface area contributed by atoms with E-state index in [1.807, 2.05) is 0 Å². The minimum absolute atomic E-state index is 0.231. The van der Waals surface area contributed by atoms with Gasteiger partial charge in [-0.15, -0.1) is 0 Å². The van der Waals surface area contributed by atoms with Gasteiger partial charge in [0.05, 0.1) is 87.5 Å². The number of nitrogens with zero attached hydrogens (tertiary/aromatic N) is 3. The zero-order chi connectivity index (χ0) is 60.6. The Bertz CT molecular complexity index is 5140. The number of rotatable bonds is 2. The second kappa shape index (κ2) is 10.4. The average Bonchev–Trinajstić information content (AvgIpc) is 1.26. The monoisotopic (exact) mass is 754 g/mol. The van der Waals surface area contributed by atoms with Crippen molar-refractivity contribution in [2.24, 2.45) is 0 Å². The Hall–Kier alpha value is -7.44. The molecule has 57 heavy (non-hydrogen) atoms. The molecule has 8 aromatic carbocycles. The SMILES string of the molecule is [2H]c1c([2H])c([2H])c(-c2c([2H])c([2H])c3oc4c(c3c2[2H])N(c2c([2H])c([2H])c([2H])c3oc5c([2H])c([2H])c([2H])c([2H])c5c23)c2c([2H])c(C)c([2H])c3c2B4c2c([2H])c([2H])c([2H])c4c2N3c2c([2H])c([2H])c([2H])c3c5c([2H])c([2H])c([2H])c([2H])c5n-4c23)c([2H])c1[2H]. The fourth-order valence-electron chi connectivity index (χ4n) is 8.63. The van der Waals surface area contributed by atoms with E-state index < -0.39 is 242 Å². The minimum atomic E-state index is -1.83. The van der Waals surface area contributed by atoms with Crippen molar-refractivity contribution in [3.8, 4) is 16.8 Å². The van der Waals surface area contributed by atoms with Gasteiger partial charge in [0.25, 0.3) is 6.71 Å². The highest BCUT2D eigenvalue weighted by atomic mass is 16.3. The number of hydrogen-bond acceptors (Lipinski definition) is 4. The zero-order valence-electron chi connectivity index (χ0n) is 55.7. The van der Waals surface area contributed by atoms with Crippen molar-refractivity contribution in [2.45, 2.75) is 6.92 Å². The summed E-state index contributed by atoms with van der Waals surface area (Å²) in [5, 5.41) is -2.10. The van der Waals surface area contributed by atoms with Gasteiger partial charge in [-0.25, -0.2) is 0 Å². The van der Waals surface area contributed by atoms with E-state index in [2.05, 4.69) is 0 Å². The lowest BCUT2D eigenvalue weighted by Crippen LogP contribution is -2.61. The molecule has 0 bridgehead atoms. The minimum Gasteiger partial charge on any atom is -0.468 e. The molecule has 0 fully saturated rings. The third-order valence-electron chi connectivity index (χ3n) is 10.7. The topological polar surface area (TPSA) is 37.7 Å². The van der Waals surface area contributed by atoms with Gasteiger partial charge in [-0.3, -0.25) is 0 Å². The summed E-state index contributed by atoms with van der Waals surface area (Å²) < 4.78 is 265. The molecule has 0 saturated heterocycles. The molecule has 0 spiro atoms. The Balaban J connectivity index is 1.28. The first-order valence-electron chi connectivity index (χ1n) is 30.9. The molecule has 6 heterocycles. The predicted molar refractivity (Wildman–Crippen MR) is 236 cm³/mol. The van der Waals surface area contributed by atoms with Crippen LogP contribution < -0.4 is 26.4 Å². The van der Waals surface area contributed by atoms with Crippen molar-refractivity contribution in [3.05, 3.63) is 169 Å². The average molecular weight is 755 g/mol. The van der Waals surface area contributed by atoms with E-state index in [1.165, 1.54) is 11.8 Å². The summed E-state index contributed by atoms with van der Waals surface area (Å²) in [7, 11) is 0. The Labute approximate surface area is 365 Å². The standard InChI is InChI=1S/C51H30BN3O2/c1-29-26-41-47-42(27-29)55-39-20-9-16-33-32-14-5-7-18-37(32)53(48(33)39)40-21-10-17-36(50(40)55)52(47)51-49(35-28-31(24-25-44(35)57-51)30-12-3-2-4-13-30)54(41)38-19-11-23-45-46(38)34-15-6-8-22-43(34)56-45/h2-28H,1H3/i2D,3D,4D,5D,6D,7D,8D,9D,10D,11D,12D,13D,14D,15D,16D,17D,18D,19D,20D,21D,22D,23D,24D,25D,26D,27D,28D. The van der Waals surface area contributed by atoms with Gasteiger partial charge in [0.1, 0.15) is 16.7 Å². The van der Waals surface area contributed by atoms with Crippen LogP contribution in [0, 0.1) is 6.92 Å². The van der Waals surface area contributed by atoms with E-state index in [0.717, 1.165) is 9.47 Å². The van der Waals surface area contributed by atoms with Crippen molar-refractivity contribution in [3.63, 3.8) is 0 Å². The van der Waals surface area contributed by atoms with Crippen LogP contribution in [0.3, 0.4) is 0 Å². The van der Waals surface area contributed by atoms with Crippen molar-refractivity contribution in [1.82, 2.24) is 4.57 Å². The maximum atomic E-state index is 10.2. The van der Waals surface area contributed by atoms with Gasteiger partial charge < -0.3 is 23.2 Å². The molecule has 0 atom stereocenters. The summed E-state index contributed by atoms with van der Waals surface area (Å²) in [5.74, 6) is 0. The van der Waals surface area contributed by atoms with Crippen LogP contribution in [-0.4, -0.2) is 11.3 Å². The Kier molecular flexibility index (Phi) is 2.67. The molecule has 14 rings (SSSR count). The second-order valence-electron chi connectivity index (χ2n) is 13.6. The largest absolute Gasteiger partial charge is 0.468 e. The summed E-state index contributed by atoms with van der Waals surface area (Å²) >= 11 is 0.